The fourth-order valence-corrected chi connectivity index (χ4v) is 2.37. The van der Waals surface area contributed by atoms with Crippen molar-refractivity contribution < 1.29 is 14.3 Å². The van der Waals surface area contributed by atoms with E-state index in [2.05, 4.69) is 28.2 Å². The molecule has 0 heterocycles. The molecule has 0 fully saturated rings. The van der Waals surface area contributed by atoms with Crippen LogP contribution in [0.15, 0.2) is 40.9 Å². The van der Waals surface area contributed by atoms with E-state index in [1.807, 2.05) is 18.2 Å². The summed E-state index contributed by atoms with van der Waals surface area (Å²) in [5, 5.41) is 2.68. The van der Waals surface area contributed by atoms with Crippen LogP contribution in [0.5, 0.6) is 0 Å². The maximum absolute atomic E-state index is 11.7. The van der Waals surface area contributed by atoms with Crippen molar-refractivity contribution in [1.82, 2.24) is 0 Å². The van der Waals surface area contributed by atoms with Gasteiger partial charge in [0.1, 0.15) is 0 Å². The highest BCUT2D eigenvalue weighted by atomic mass is 79.9. The maximum Gasteiger partial charge on any atom is 0.330 e. The smallest absolute Gasteiger partial charge is 0.330 e. The highest BCUT2D eigenvalue weighted by molar-refractivity contribution is 9.10. The van der Waals surface area contributed by atoms with E-state index in [-0.39, 0.29) is 5.91 Å². The predicted octanol–water partition coefficient (Wildman–Crippen LogP) is 4.85. The number of amides is 1. The average Bonchev–Trinajstić information content (AvgIpc) is 2.54. The van der Waals surface area contributed by atoms with Crippen molar-refractivity contribution in [1.29, 1.82) is 0 Å². The van der Waals surface area contributed by atoms with Crippen molar-refractivity contribution in [2.24, 2.45) is 0 Å². The van der Waals surface area contributed by atoms with Gasteiger partial charge in [0.15, 0.2) is 0 Å². The number of ether oxygens (including phenoxy) is 1. The number of esters is 1. The highest BCUT2D eigenvalue weighted by Crippen LogP contribution is 2.20. The normalized spacial score (nSPS) is 10.7. The summed E-state index contributed by atoms with van der Waals surface area (Å²) in [5.74, 6) is -0.853. The van der Waals surface area contributed by atoms with Crippen molar-refractivity contribution in [2.45, 2.75) is 45.4 Å². The fourth-order valence-electron chi connectivity index (χ4n) is 1.98. The van der Waals surface area contributed by atoms with Gasteiger partial charge in [0, 0.05) is 16.6 Å². The lowest BCUT2D eigenvalue weighted by atomic mass is 10.1. The molecule has 23 heavy (non-hydrogen) atoms. The summed E-state index contributed by atoms with van der Waals surface area (Å²) in [6.07, 6.45) is 9.17. The molecule has 0 radical (unpaired) electrons. The molecule has 0 aliphatic heterocycles. The van der Waals surface area contributed by atoms with Gasteiger partial charge in [-0.25, -0.2) is 4.79 Å². The molecule has 4 nitrogen and oxygen atoms in total. The van der Waals surface area contributed by atoms with Gasteiger partial charge in [-0.3, -0.25) is 4.79 Å². The van der Waals surface area contributed by atoms with E-state index in [0.717, 1.165) is 23.4 Å². The first kappa shape index (κ1) is 19.4. The Bertz CT molecular complexity index is 529. The van der Waals surface area contributed by atoms with Crippen LogP contribution >= 0.6 is 15.9 Å². The Labute approximate surface area is 146 Å². The molecule has 0 aromatic heterocycles. The van der Waals surface area contributed by atoms with E-state index in [9.17, 15) is 9.59 Å². The zero-order valence-corrected chi connectivity index (χ0v) is 15.1. The molecule has 1 amide bonds. The number of anilines is 1. The summed E-state index contributed by atoms with van der Waals surface area (Å²) < 4.78 is 5.84. The first-order valence-electron chi connectivity index (χ1n) is 8.04. The summed E-state index contributed by atoms with van der Waals surface area (Å²) in [7, 11) is 0. The van der Waals surface area contributed by atoms with Crippen molar-refractivity contribution in [3.8, 4) is 0 Å². The summed E-state index contributed by atoms with van der Waals surface area (Å²) in [4.78, 5) is 23.2. The van der Waals surface area contributed by atoms with Crippen LogP contribution in [0.1, 0.15) is 45.4 Å². The standard InChI is InChI=1S/C18H24BrNO3/c1-2-3-4-5-6-9-14-23-18(22)13-12-17(21)20-16-11-8-7-10-15(16)19/h7-8,10-13H,2-6,9,14H2,1H3,(H,20,21)/b13-12+. The summed E-state index contributed by atoms with van der Waals surface area (Å²) in [6, 6.07) is 7.27. The molecule has 0 aliphatic rings. The van der Waals surface area contributed by atoms with Gasteiger partial charge in [0.2, 0.25) is 5.91 Å². The lowest BCUT2D eigenvalue weighted by Crippen LogP contribution is -2.10. The Morgan fingerprint density at radius 1 is 1.09 bits per heavy atom. The van der Waals surface area contributed by atoms with E-state index in [0.29, 0.717) is 12.3 Å². The van der Waals surface area contributed by atoms with Crippen molar-refractivity contribution in [3.05, 3.63) is 40.9 Å². The third-order valence-corrected chi connectivity index (χ3v) is 3.94. The number of benzene rings is 1. The van der Waals surface area contributed by atoms with Crippen LogP contribution in [-0.4, -0.2) is 18.5 Å². The molecule has 1 N–H and O–H groups in total. The number of carbonyl (C=O) groups is 2. The van der Waals surface area contributed by atoms with Crippen molar-refractivity contribution in [3.63, 3.8) is 0 Å². The minimum absolute atomic E-state index is 0.367. The lowest BCUT2D eigenvalue weighted by molar-refractivity contribution is -0.138. The van der Waals surface area contributed by atoms with Gasteiger partial charge in [-0.1, -0.05) is 51.2 Å². The fraction of sp³-hybridized carbons (Fsp3) is 0.444. The van der Waals surface area contributed by atoms with Gasteiger partial charge in [-0.15, -0.1) is 0 Å². The molecule has 5 heteroatoms. The molecular formula is C18H24BrNO3. The molecule has 126 valence electrons. The number of nitrogens with one attached hydrogen (secondary N) is 1. The molecule has 0 saturated heterocycles. The van der Waals surface area contributed by atoms with E-state index in [1.54, 1.807) is 6.07 Å². The van der Waals surface area contributed by atoms with Crippen LogP contribution < -0.4 is 5.32 Å². The molecule has 1 aromatic carbocycles. The highest BCUT2D eigenvalue weighted by Gasteiger charge is 2.03. The van der Waals surface area contributed by atoms with Gasteiger partial charge in [-0.2, -0.15) is 0 Å². The maximum atomic E-state index is 11.7. The SMILES string of the molecule is CCCCCCCCOC(=O)/C=C/C(=O)Nc1ccccc1Br. The Balaban J connectivity index is 2.19. The second kappa shape index (κ2) is 11.9. The summed E-state index contributed by atoms with van der Waals surface area (Å²) >= 11 is 3.34. The molecule has 1 aromatic rings. The van der Waals surface area contributed by atoms with E-state index >= 15 is 0 Å². The van der Waals surface area contributed by atoms with E-state index in [4.69, 9.17) is 4.74 Å². The molecule has 0 saturated carbocycles. The predicted molar refractivity (Wildman–Crippen MR) is 96.2 cm³/mol. The van der Waals surface area contributed by atoms with Crippen LogP contribution in [-0.2, 0) is 14.3 Å². The zero-order chi connectivity index (χ0) is 16.9. The molecule has 0 bridgehead atoms. The van der Waals surface area contributed by atoms with Gasteiger partial charge in [0.05, 0.1) is 12.3 Å². The average molecular weight is 382 g/mol. The van der Waals surface area contributed by atoms with Gasteiger partial charge >= 0.3 is 5.97 Å². The molecule has 0 spiro atoms. The first-order valence-corrected chi connectivity index (χ1v) is 8.83. The molecule has 0 unspecified atom stereocenters. The third kappa shape index (κ3) is 9.18. The second-order valence-electron chi connectivity index (χ2n) is 5.24. The van der Waals surface area contributed by atoms with Crippen LogP contribution in [0.2, 0.25) is 0 Å². The van der Waals surface area contributed by atoms with Gasteiger partial charge in [-0.05, 0) is 34.5 Å². The van der Waals surface area contributed by atoms with Crippen molar-refractivity contribution in [2.75, 3.05) is 11.9 Å². The van der Waals surface area contributed by atoms with E-state index in [1.165, 1.54) is 31.8 Å². The Hall–Kier alpha value is -1.62. The minimum Gasteiger partial charge on any atom is -0.463 e. The van der Waals surface area contributed by atoms with Crippen LogP contribution in [0, 0.1) is 0 Å². The zero-order valence-electron chi connectivity index (χ0n) is 13.5. The summed E-state index contributed by atoms with van der Waals surface area (Å²) in [6.45, 7) is 2.59. The topological polar surface area (TPSA) is 55.4 Å². The number of para-hydroxylation sites is 1. The third-order valence-electron chi connectivity index (χ3n) is 3.24. The minimum atomic E-state index is -0.485. The van der Waals surface area contributed by atoms with Crippen LogP contribution in [0.25, 0.3) is 0 Å². The van der Waals surface area contributed by atoms with E-state index < -0.39 is 5.97 Å². The lowest BCUT2D eigenvalue weighted by Gasteiger charge is -2.04. The number of unbranched alkanes of at least 4 members (excludes halogenated alkanes) is 5. The summed E-state index contributed by atoms with van der Waals surface area (Å²) in [5.41, 5.74) is 0.655. The molecule has 0 aliphatic carbocycles. The Morgan fingerprint density at radius 2 is 1.78 bits per heavy atom. The van der Waals surface area contributed by atoms with Gasteiger partial charge in [0.25, 0.3) is 0 Å². The Kier molecular flexibility index (Phi) is 10.0. The van der Waals surface area contributed by atoms with Crippen LogP contribution in [0.3, 0.4) is 0 Å². The van der Waals surface area contributed by atoms with Crippen LogP contribution in [0.4, 0.5) is 5.69 Å². The Morgan fingerprint density at radius 3 is 2.52 bits per heavy atom. The number of hydrogen-bond acceptors (Lipinski definition) is 3. The molecular weight excluding hydrogens is 358 g/mol. The second-order valence-corrected chi connectivity index (χ2v) is 6.09. The quantitative estimate of drug-likeness (QED) is 0.358. The van der Waals surface area contributed by atoms with Crippen molar-refractivity contribution >= 4 is 33.5 Å². The van der Waals surface area contributed by atoms with Gasteiger partial charge < -0.3 is 10.1 Å². The number of halogens is 1. The largest absolute Gasteiger partial charge is 0.463 e. The number of rotatable bonds is 10. The molecule has 1 rings (SSSR count). The first-order chi connectivity index (χ1) is 11.1. The number of hydrogen-bond donors (Lipinski definition) is 1. The number of carbonyl (C=O) groups excluding carboxylic acids is 2. The molecule has 0 atom stereocenters. The monoisotopic (exact) mass is 381 g/mol.